The summed E-state index contributed by atoms with van der Waals surface area (Å²) in [5.41, 5.74) is 0.952. The third kappa shape index (κ3) is 5.06. The van der Waals surface area contributed by atoms with Crippen LogP contribution in [0.4, 0.5) is 0 Å². The van der Waals surface area contributed by atoms with Crippen molar-refractivity contribution in [1.29, 1.82) is 0 Å². The fourth-order valence-corrected chi connectivity index (χ4v) is 1.48. The first-order valence-corrected chi connectivity index (χ1v) is 5.29. The van der Waals surface area contributed by atoms with Crippen LogP contribution in [0.2, 0.25) is 0 Å². The molecule has 0 aliphatic carbocycles. The van der Waals surface area contributed by atoms with Crippen molar-refractivity contribution >= 4 is 18.4 Å². The van der Waals surface area contributed by atoms with Crippen molar-refractivity contribution in [2.45, 2.75) is 19.4 Å². The molecule has 0 bridgehead atoms. The van der Waals surface area contributed by atoms with E-state index < -0.39 is 0 Å². The Morgan fingerprint density at radius 2 is 2.00 bits per heavy atom. The van der Waals surface area contributed by atoms with Gasteiger partial charge in [0.05, 0.1) is 13.0 Å². The van der Waals surface area contributed by atoms with Crippen LogP contribution in [0.3, 0.4) is 0 Å². The number of carbonyl (C=O) groups excluding carboxylic acids is 1. The molecular formula is C12H18ClNO3. The summed E-state index contributed by atoms with van der Waals surface area (Å²) < 4.78 is 4.89. The van der Waals surface area contributed by atoms with Crippen LogP contribution in [0, 0.1) is 0 Å². The summed E-state index contributed by atoms with van der Waals surface area (Å²) in [6.45, 7) is 2.18. The van der Waals surface area contributed by atoms with Crippen LogP contribution < -0.4 is 5.32 Å². The molecule has 0 fully saturated rings. The molecule has 1 unspecified atom stereocenters. The largest absolute Gasteiger partial charge is 0.508 e. The molecule has 2 N–H and O–H groups in total. The van der Waals surface area contributed by atoms with Crippen molar-refractivity contribution in [2.24, 2.45) is 0 Å². The van der Waals surface area contributed by atoms with E-state index >= 15 is 0 Å². The second-order valence-electron chi connectivity index (χ2n) is 3.44. The highest BCUT2D eigenvalue weighted by atomic mass is 35.5. The number of halogens is 1. The number of rotatable bonds is 5. The molecule has 0 amide bonds. The van der Waals surface area contributed by atoms with E-state index in [0.29, 0.717) is 6.61 Å². The standard InChI is InChI=1S/C12H17NO3.ClH/c1-3-16-12(15)8-11(13-2)9-4-6-10(14)7-5-9;/h4-7,11,13-14H,3,8H2,1-2H3;1H. The van der Waals surface area contributed by atoms with Gasteiger partial charge in [-0.3, -0.25) is 4.79 Å². The van der Waals surface area contributed by atoms with Gasteiger partial charge in [0, 0.05) is 6.04 Å². The third-order valence-electron chi connectivity index (χ3n) is 2.32. The molecule has 1 aromatic rings. The maximum atomic E-state index is 11.3. The van der Waals surface area contributed by atoms with Gasteiger partial charge in [-0.1, -0.05) is 12.1 Å². The first-order chi connectivity index (χ1) is 7.67. The van der Waals surface area contributed by atoms with Gasteiger partial charge in [-0.2, -0.15) is 0 Å². The van der Waals surface area contributed by atoms with Gasteiger partial charge in [-0.05, 0) is 31.7 Å². The Bertz CT molecular complexity index is 340. The zero-order valence-corrected chi connectivity index (χ0v) is 10.8. The van der Waals surface area contributed by atoms with Crippen molar-refractivity contribution in [2.75, 3.05) is 13.7 Å². The summed E-state index contributed by atoms with van der Waals surface area (Å²) in [5.74, 6) is -0.00957. The van der Waals surface area contributed by atoms with Gasteiger partial charge >= 0.3 is 5.97 Å². The van der Waals surface area contributed by atoms with Crippen LogP contribution in [0.25, 0.3) is 0 Å². The van der Waals surface area contributed by atoms with Gasteiger partial charge in [0.2, 0.25) is 0 Å². The number of hydrogen-bond acceptors (Lipinski definition) is 4. The molecular weight excluding hydrogens is 242 g/mol. The van der Waals surface area contributed by atoms with Crippen molar-refractivity contribution in [1.82, 2.24) is 5.32 Å². The third-order valence-corrected chi connectivity index (χ3v) is 2.32. The number of phenolic OH excluding ortho intramolecular Hbond substituents is 1. The molecule has 0 saturated heterocycles. The molecule has 17 heavy (non-hydrogen) atoms. The highest BCUT2D eigenvalue weighted by molar-refractivity contribution is 5.85. The first-order valence-electron chi connectivity index (χ1n) is 5.29. The lowest BCUT2D eigenvalue weighted by atomic mass is 10.0. The van der Waals surface area contributed by atoms with E-state index in [0.717, 1.165) is 5.56 Å². The minimum atomic E-state index is -0.227. The van der Waals surface area contributed by atoms with Gasteiger partial charge in [0.1, 0.15) is 5.75 Å². The maximum absolute atomic E-state index is 11.3. The first kappa shape index (κ1) is 15.7. The Labute approximate surface area is 107 Å². The average molecular weight is 260 g/mol. The summed E-state index contributed by atoms with van der Waals surface area (Å²) in [6, 6.07) is 6.70. The minimum Gasteiger partial charge on any atom is -0.508 e. The van der Waals surface area contributed by atoms with E-state index in [1.807, 2.05) is 0 Å². The Balaban J connectivity index is 0.00000256. The lowest BCUT2D eigenvalue weighted by Gasteiger charge is -2.15. The molecule has 0 aromatic heterocycles. The highest BCUT2D eigenvalue weighted by Gasteiger charge is 2.14. The number of aromatic hydroxyl groups is 1. The SMILES string of the molecule is CCOC(=O)CC(NC)c1ccc(O)cc1.Cl. The van der Waals surface area contributed by atoms with Crippen molar-refractivity contribution < 1.29 is 14.6 Å². The summed E-state index contributed by atoms with van der Waals surface area (Å²) in [4.78, 5) is 11.3. The molecule has 1 atom stereocenters. The molecule has 0 spiro atoms. The van der Waals surface area contributed by atoms with Gasteiger partial charge in [0.25, 0.3) is 0 Å². The minimum absolute atomic E-state index is 0. The molecule has 96 valence electrons. The van der Waals surface area contributed by atoms with E-state index in [1.54, 1.807) is 38.2 Å². The van der Waals surface area contributed by atoms with Crippen LogP contribution >= 0.6 is 12.4 Å². The Kier molecular flexibility index (Phi) is 7.34. The van der Waals surface area contributed by atoms with Gasteiger partial charge in [0.15, 0.2) is 0 Å². The Morgan fingerprint density at radius 1 is 1.41 bits per heavy atom. The zero-order chi connectivity index (χ0) is 12.0. The second-order valence-corrected chi connectivity index (χ2v) is 3.44. The quantitative estimate of drug-likeness (QED) is 0.795. The zero-order valence-electron chi connectivity index (χ0n) is 9.97. The van der Waals surface area contributed by atoms with E-state index in [1.165, 1.54) is 0 Å². The smallest absolute Gasteiger partial charge is 0.307 e. The summed E-state index contributed by atoms with van der Waals surface area (Å²) in [6.07, 6.45) is 0.287. The Morgan fingerprint density at radius 3 is 2.47 bits per heavy atom. The summed E-state index contributed by atoms with van der Waals surface area (Å²) >= 11 is 0. The predicted molar refractivity (Wildman–Crippen MR) is 68.4 cm³/mol. The number of esters is 1. The number of carbonyl (C=O) groups is 1. The van der Waals surface area contributed by atoms with Gasteiger partial charge in [-0.15, -0.1) is 12.4 Å². The fourth-order valence-electron chi connectivity index (χ4n) is 1.48. The van der Waals surface area contributed by atoms with Crippen LogP contribution in [-0.2, 0) is 9.53 Å². The molecule has 0 heterocycles. The molecule has 0 radical (unpaired) electrons. The van der Waals surface area contributed by atoms with Crippen LogP contribution in [0.1, 0.15) is 24.9 Å². The van der Waals surface area contributed by atoms with E-state index in [9.17, 15) is 4.79 Å². The monoisotopic (exact) mass is 259 g/mol. The van der Waals surface area contributed by atoms with Crippen LogP contribution in [-0.4, -0.2) is 24.7 Å². The summed E-state index contributed by atoms with van der Waals surface area (Å²) in [5, 5.41) is 12.2. The van der Waals surface area contributed by atoms with Gasteiger partial charge < -0.3 is 15.2 Å². The maximum Gasteiger partial charge on any atom is 0.307 e. The fraction of sp³-hybridized carbons (Fsp3) is 0.417. The lowest BCUT2D eigenvalue weighted by Crippen LogP contribution is -2.21. The second kappa shape index (κ2) is 7.92. The van der Waals surface area contributed by atoms with Crippen LogP contribution in [0.15, 0.2) is 24.3 Å². The molecule has 5 heteroatoms. The predicted octanol–water partition coefficient (Wildman–Crippen LogP) is 2.03. The molecule has 0 saturated carbocycles. The number of nitrogens with one attached hydrogen (secondary N) is 1. The Hall–Kier alpha value is -1.26. The molecule has 1 rings (SSSR count). The molecule has 0 aliphatic heterocycles. The number of phenols is 1. The summed E-state index contributed by atoms with van der Waals surface area (Å²) in [7, 11) is 1.79. The van der Waals surface area contributed by atoms with E-state index in [2.05, 4.69) is 5.32 Å². The van der Waals surface area contributed by atoms with Crippen molar-refractivity contribution in [3.63, 3.8) is 0 Å². The van der Waals surface area contributed by atoms with Crippen molar-refractivity contribution in [3.05, 3.63) is 29.8 Å². The normalized spacial score (nSPS) is 11.4. The van der Waals surface area contributed by atoms with Crippen LogP contribution in [0.5, 0.6) is 5.75 Å². The average Bonchev–Trinajstić information content (AvgIpc) is 2.27. The van der Waals surface area contributed by atoms with E-state index in [4.69, 9.17) is 9.84 Å². The number of benzene rings is 1. The van der Waals surface area contributed by atoms with E-state index in [-0.39, 0.29) is 36.6 Å². The molecule has 1 aromatic carbocycles. The van der Waals surface area contributed by atoms with Gasteiger partial charge in [-0.25, -0.2) is 0 Å². The lowest BCUT2D eigenvalue weighted by molar-refractivity contribution is -0.143. The van der Waals surface area contributed by atoms with Crippen molar-refractivity contribution in [3.8, 4) is 5.75 Å². The topological polar surface area (TPSA) is 58.6 Å². The number of hydrogen-bond donors (Lipinski definition) is 2. The molecule has 4 nitrogen and oxygen atoms in total. The number of ether oxygens (including phenoxy) is 1. The molecule has 0 aliphatic rings. The highest BCUT2D eigenvalue weighted by Crippen LogP contribution is 2.19.